The third-order valence-corrected chi connectivity index (χ3v) is 3.00. The van der Waals surface area contributed by atoms with E-state index < -0.39 is 0 Å². The van der Waals surface area contributed by atoms with Crippen molar-refractivity contribution in [3.05, 3.63) is 35.6 Å². The SMILES string of the molecule is CC1(C(N)c2cccc(F)c2)CC1. The standard InChI is InChI=1S/C11H14FN/c1-11(5-6-11)10(13)8-3-2-4-9(12)7-8/h2-4,7,10H,5-6,13H2,1H3. The zero-order valence-corrected chi connectivity index (χ0v) is 7.76. The van der Waals surface area contributed by atoms with E-state index in [1.807, 2.05) is 6.07 Å². The number of halogens is 1. The number of hydrogen-bond acceptors (Lipinski definition) is 1. The van der Waals surface area contributed by atoms with Crippen molar-refractivity contribution in [3.8, 4) is 0 Å². The molecule has 1 fully saturated rings. The highest BCUT2D eigenvalue weighted by Crippen LogP contribution is 2.53. The quantitative estimate of drug-likeness (QED) is 0.742. The lowest BCUT2D eigenvalue weighted by Crippen LogP contribution is -2.20. The normalized spacial score (nSPS) is 21.2. The van der Waals surface area contributed by atoms with E-state index in [1.165, 1.54) is 12.1 Å². The largest absolute Gasteiger partial charge is 0.323 e. The van der Waals surface area contributed by atoms with Gasteiger partial charge in [0.05, 0.1) is 0 Å². The molecular weight excluding hydrogens is 165 g/mol. The first kappa shape index (κ1) is 8.70. The summed E-state index contributed by atoms with van der Waals surface area (Å²) in [6.45, 7) is 2.16. The Labute approximate surface area is 77.8 Å². The average molecular weight is 179 g/mol. The maximum atomic E-state index is 12.9. The van der Waals surface area contributed by atoms with Gasteiger partial charge < -0.3 is 5.73 Å². The van der Waals surface area contributed by atoms with Crippen molar-refractivity contribution in [2.24, 2.45) is 11.1 Å². The van der Waals surface area contributed by atoms with Gasteiger partial charge in [-0.3, -0.25) is 0 Å². The minimum Gasteiger partial charge on any atom is -0.323 e. The highest BCUT2D eigenvalue weighted by atomic mass is 19.1. The van der Waals surface area contributed by atoms with Gasteiger partial charge in [-0.05, 0) is 36.0 Å². The molecule has 1 aliphatic rings. The van der Waals surface area contributed by atoms with Crippen molar-refractivity contribution in [3.63, 3.8) is 0 Å². The summed E-state index contributed by atoms with van der Waals surface area (Å²) in [6, 6.07) is 6.59. The van der Waals surface area contributed by atoms with Crippen molar-refractivity contribution in [2.45, 2.75) is 25.8 Å². The van der Waals surface area contributed by atoms with Crippen molar-refractivity contribution in [2.75, 3.05) is 0 Å². The molecule has 1 unspecified atom stereocenters. The van der Waals surface area contributed by atoms with E-state index in [4.69, 9.17) is 5.73 Å². The van der Waals surface area contributed by atoms with Crippen LogP contribution >= 0.6 is 0 Å². The number of benzene rings is 1. The molecule has 1 saturated carbocycles. The molecule has 0 bridgehead atoms. The highest BCUT2D eigenvalue weighted by Gasteiger charge is 2.43. The minimum absolute atomic E-state index is 0.0109. The highest BCUT2D eigenvalue weighted by molar-refractivity contribution is 5.23. The minimum atomic E-state index is -0.197. The van der Waals surface area contributed by atoms with E-state index in [0.29, 0.717) is 0 Å². The number of hydrogen-bond donors (Lipinski definition) is 1. The Morgan fingerprint density at radius 3 is 2.69 bits per heavy atom. The van der Waals surface area contributed by atoms with Crippen LogP contribution < -0.4 is 5.73 Å². The zero-order chi connectivity index (χ0) is 9.47. The van der Waals surface area contributed by atoms with Crippen LogP contribution in [0.5, 0.6) is 0 Å². The van der Waals surface area contributed by atoms with Crippen molar-refractivity contribution in [1.29, 1.82) is 0 Å². The van der Waals surface area contributed by atoms with Gasteiger partial charge >= 0.3 is 0 Å². The second kappa shape index (κ2) is 2.81. The molecule has 13 heavy (non-hydrogen) atoms. The molecule has 0 radical (unpaired) electrons. The fourth-order valence-electron chi connectivity index (χ4n) is 1.61. The predicted molar refractivity (Wildman–Crippen MR) is 50.7 cm³/mol. The summed E-state index contributed by atoms with van der Waals surface area (Å²) < 4.78 is 12.9. The molecule has 70 valence electrons. The molecule has 0 spiro atoms. The summed E-state index contributed by atoms with van der Waals surface area (Å²) in [6.07, 6.45) is 2.31. The topological polar surface area (TPSA) is 26.0 Å². The third-order valence-electron chi connectivity index (χ3n) is 3.00. The van der Waals surface area contributed by atoms with Crippen LogP contribution in [-0.4, -0.2) is 0 Å². The monoisotopic (exact) mass is 179 g/mol. The van der Waals surface area contributed by atoms with E-state index in [2.05, 4.69) is 6.92 Å². The van der Waals surface area contributed by atoms with Gasteiger partial charge in [0, 0.05) is 6.04 Å². The Hall–Kier alpha value is -0.890. The lowest BCUT2D eigenvalue weighted by atomic mass is 9.93. The first-order chi connectivity index (χ1) is 6.12. The van der Waals surface area contributed by atoms with Crippen LogP contribution in [-0.2, 0) is 0 Å². The Balaban J connectivity index is 2.25. The summed E-state index contributed by atoms with van der Waals surface area (Å²) in [5.41, 5.74) is 7.17. The van der Waals surface area contributed by atoms with Gasteiger partial charge in [0.2, 0.25) is 0 Å². The lowest BCUT2D eigenvalue weighted by molar-refractivity contribution is 0.449. The van der Waals surface area contributed by atoms with Gasteiger partial charge in [-0.25, -0.2) is 4.39 Å². The van der Waals surface area contributed by atoms with Gasteiger partial charge in [-0.2, -0.15) is 0 Å². The molecule has 2 rings (SSSR count). The third kappa shape index (κ3) is 1.59. The van der Waals surface area contributed by atoms with Gasteiger partial charge in [-0.1, -0.05) is 19.1 Å². The van der Waals surface area contributed by atoms with E-state index in [-0.39, 0.29) is 17.3 Å². The lowest BCUT2D eigenvalue weighted by Gasteiger charge is -2.18. The fourth-order valence-corrected chi connectivity index (χ4v) is 1.61. The van der Waals surface area contributed by atoms with Crippen LogP contribution in [0.4, 0.5) is 4.39 Å². The molecule has 1 aromatic carbocycles. The summed E-state index contributed by atoms with van der Waals surface area (Å²) in [5.74, 6) is -0.197. The molecule has 1 atom stereocenters. The Kier molecular flexibility index (Phi) is 1.88. The molecule has 1 aromatic rings. The van der Waals surface area contributed by atoms with Crippen LogP contribution in [0.15, 0.2) is 24.3 Å². The summed E-state index contributed by atoms with van der Waals surface area (Å²) in [4.78, 5) is 0. The Bertz CT molecular complexity index is 318. The van der Waals surface area contributed by atoms with Gasteiger partial charge in [0.25, 0.3) is 0 Å². The molecule has 0 amide bonds. The molecule has 1 aliphatic carbocycles. The van der Waals surface area contributed by atoms with Crippen molar-refractivity contribution < 1.29 is 4.39 Å². The molecule has 0 aliphatic heterocycles. The summed E-state index contributed by atoms with van der Waals surface area (Å²) in [7, 11) is 0. The predicted octanol–water partition coefficient (Wildman–Crippen LogP) is 2.63. The van der Waals surface area contributed by atoms with Crippen molar-refractivity contribution in [1.82, 2.24) is 0 Å². The Morgan fingerprint density at radius 2 is 2.15 bits per heavy atom. The smallest absolute Gasteiger partial charge is 0.123 e. The number of rotatable bonds is 2. The molecule has 1 nitrogen and oxygen atoms in total. The van der Waals surface area contributed by atoms with Crippen LogP contribution in [0, 0.1) is 11.2 Å². The Morgan fingerprint density at radius 1 is 1.46 bits per heavy atom. The molecular formula is C11H14FN. The second-order valence-electron chi connectivity index (χ2n) is 4.19. The molecule has 2 heteroatoms. The molecule has 0 aromatic heterocycles. The molecule has 2 N–H and O–H groups in total. The second-order valence-corrected chi connectivity index (χ2v) is 4.19. The van der Waals surface area contributed by atoms with Crippen molar-refractivity contribution >= 4 is 0 Å². The zero-order valence-electron chi connectivity index (χ0n) is 7.76. The van der Waals surface area contributed by atoms with Crippen LogP contribution in [0.1, 0.15) is 31.4 Å². The van der Waals surface area contributed by atoms with E-state index in [0.717, 1.165) is 18.4 Å². The maximum absolute atomic E-state index is 12.9. The first-order valence-corrected chi connectivity index (χ1v) is 4.63. The van der Waals surface area contributed by atoms with E-state index >= 15 is 0 Å². The molecule has 0 heterocycles. The maximum Gasteiger partial charge on any atom is 0.123 e. The average Bonchev–Trinajstić information content (AvgIpc) is 2.84. The summed E-state index contributed by atoms with van der Waals surface area (Å²) in [5, 5.41) is 0. The van der Waals surface area contributed by atoms with Gasteiger partial charge in [0.1, 0.15) is 5.82 Å². The molecule has 0 saturated heterocycles. The van der Waals surface area contributed by atoms with Gasteiger partial charge in [-0.15, -0.1) is 0 Å². The van der Waals surface area contributed by atoms with E-state index in [9.17, 15) is 4.39 Å². The van der Waals surface area contributed by atoms with Crippen LogP contribution in [0.2, 0.25) is 0 Å². The van der Waals surface area contributed by atoms with E-state index in [1.54, 1.807) is 6.07 Å². The van der Waals surface area contributed by atoms with Crippen LogP contribution in [0.25, 0.3) is 0 Å². The van der Waals surface area contributed by atoms with Crippen LogP contribution in [0.3, 0.4) is 0 Å². The number of nitrogens with two attached hydrogens (primary N) is 1. The summed E-state index contributed by atoms with van der Waals surface area (Å²) >= 11 is 0. The van der Waals surface area contributed by atoms with Gasteiger partial charge in [0.15, 0.2) is 0 Å². The first-order valence-electron chi connectivity index (χ1n) is 4.63. The fraction of sp³-hybridized carbons (Fsp3) is 0.455.